The highest BCUT2D eigenvalue weighted by Gasteiger charge is 2.21. The first-order chi connectivity index (χ1) is 16.0. The van der Waals surface area contributed by atoms with Crippen LogP contribution >= 0.6 is 11.6 Å². The highest BCUT2D eigenvalue weighted by atomic mass is 35.5. The van der Waals surface area contributed by atoms with E-state index in [-0.39, 0.29) is 24.2 Å². The maximum absolute atomic E-state index is 14.0. The van der Waals surface area contributed by atoms with Crippen LogP contribution in [0.1, 0.15) is 10.4 Å². The van der Waals surface area contributed by atoms with Gasteiger partial charge in [0.2, 0.25) is 5.91 Å². The number of benzene rings is 3. The van der Waals surface area contributed by atoms with Gasteiger partial charge in [-0.25, -0.2) is 4.39 Å². The number of piperazine rings is 1. The van der Waals surface area contributed by atoms with E-state index in [1.165, 1.54) is 6.07 Å². The SMILES string of the molecule is O=C(CN1CCN(c2ccccc2F)CC1)Nc1ccccc1C(=O)Nc1ccc(Cl)cc1. The van der Waals surface area contributed by atoms with E-state index in [0.717, 1.165) is 0 Å². The lowest BCUT2D eigenvalue weighted by atomic mass is 10.1. The van der Waals surface area contributed by atoms with Crippen molar-refractivity contribution < 1.29 is 14.0 Å². The molecule has 0 unspecified atom stereocenters. The van der Waals surface area contributed by atoms with Gasteiger partial charge < -0.3 is 15.5 Å². The van der Waals surface area contributed by atoms with E-state index in [0.29, 0.717) is 53.8 Å². The lowest BCUT2D eigenvalue weighted by Gasteiger charge is -2.35. The third kappa shape index (κ3) is 5.88. The Labute approximate surface area is 197 Å². The Morgan fingerprint density at radius 3 is 2.24 bits per heavy atom. The molecular weight excluding hydrogens is 443 g/mol. The lowest BCUT2D eigenvalue weighted by molar-refractivity contribution is -0.117. The lowest BCUT2D eigenvalue weighted by Crippen LogP contribution is -2.49. The molecule has 0 radical (unpaired) electrons. The van der Waals surface area contributed by atoms with E-state index in [1.54, 1.807) is 60.7 Å². The zero-order chi connectivity index (χ0) is 23.2. The van der Waals surface area contributed by atoms with Gasteiger partial charge in [0.1, 0.15) is 5.82 Å². The molecule has 0 bridgehead atoms. The Balaban J connectivity index is 1.33. The Bertz CT molecular complexity index is 1130. The molecule has 0 spiro atoms. The van der Waals surface area contributed by atoms with Gasteiger partial charge in [-0.1, -0.05) is 35.9 Å². The minimum atomic E-state index is -0.327. The molecular formula is C25H24ClFN4O2. The maximum Gasteiger partial charge on any atom is 0.257 e. The normalized spacial score (nSPS) is 14.1. The fourth-order valence-corrected chi connectivity index (χ4v) is 3.90. The summed E-state index contributed by atoms with van der Waals surface area (Å²) in [6.07, 6.45) is 0. The van der Waals surface area contributed by atoms with E-state index in [4.69, 9.17) is 11.6 Å². The number of halogens is 2. The number of nitrogens with one attached hydrogen (secondary N) is 2. The zero-order valence-electron chi connectivity index (χ0n) is 17.9. The monoisotopic (exact) mass is 466 g/mol. The Morgan fingerprint density at radius 1 is 0.848 bits per heavy atom. The molecule has 3 aromatic rings. The summed E-state index contributed by atoms with van der Waals surface area (Å²) in [6.45, 7) is 2.74. The van der Waals surface area contributed by atoms with Crippen molar-refractivity contribution in [2.24, 2.45) is 0 Å². The summed E-state index contributed by atoms with van der Waals surface area (Å²) in [4.78, 5) is 29.4. The van der Waals surface area contributed by atoms with Gasteiger partial charge in [-0.05, 0) is 48.5 Å². The molecule has 0 aliphatic carbocycles. The van der Waals surface area contributed by atoms with Crippen molar-refractivity contribution in [2.75, 3.05) is 48.3 Å². The topological polar surface area (TPSA) is 64.7 Å². The number of hydrogen-bond donors (Lipinski definition) is 2. The Hall–Kier alpha value is -3.42. The first-order valence-electron chi connectivity index (χ1n) is 10.7. The zero-order valence-corrected chi connectivity index (χ0v) is 18.7. The van der Waals surface area contributed by atoms with E-state index in [1.807, 2.05) is 15.9 Å². The molecule has 1 aliphatic rings. The Morgan fingerprint density at radius 2 is 1.52 bits per heavy atom. The number of anilines is 3. The van der Waals surface area contributed by atoms with Crippen molar-refractivity contribution >= 4 is 40.5 Å². The molecule has 2 amide bonds. The van der Waals surface area contributed by atoms with Gasteiger partial charge in [0.15, 0.2) is 0 Å². The van der Waals surface area contributed by atoms with Crippen LogP contribution in [0.3, 0.4) is 0 Å². The van der Waals surface area contributed by atoms with Gasteiger partial charge in [0.05, 0.1) is 23.5 Å². The second kappa shape index (κ2) is 10.5. The molecule has 1 saturated heterocycles. The number of para-hydroxylation sites is 2. The number of rotatable bonds is 6. The third-order valence-corrected chi connectivity index (χ3v) is 5.73. The van der Waals surface area contributed by atoms with Crippen molar-refractivity contribution in [3.05, 3.63) is 89.2 Å². The van der Waals surface area contributed by atoms with Gasteiger partial charge in [0, 0.05) is 36.9 Å². The van der Waals surface area contributed by atoms with Crippen LogP contribution in [0.25, 0.3) is 0 Å². The molecule has 4 rings (SSSR count). The smallest absolute Gasteiger partial charge is 0.257 e. The molecule has 1 fully saturated rings. The number of amides is 2. The average molecular weight is 467 g/mol. The molecule has 33 heavy (non-hydrogen) atoms. The summed E-state index contributed by atoms with van der Waals surface area (Å²) in [6, 6.07) is 20.4. The van der Waals surface area contributed by atoms with Crippen LogP contribution in [0.15, 0.2) is 72.8 Å². The van der Waals surface area contributed by atoms with Crippen LogP contribution in [0.4, 0.5) is 21.5 Å². The number of carbonyl (C=O) groups is 2. The summed E-state index contributed by atoms with van der Waals surface area (Å²) in [5.74, 6) is -0.773. The van der Waals surface area contributed by atoms with Crippen LogP contribution in [0, 0.1) is 5.82 Å². The van der Waals surface area contributed by atoms with Crippen LogP contribution < -0.4 is 15.5 Å². The first kappa shape index (κ1) is 22.8. The molecule has 0 aromatic heterocycles. The minimum absolute atomic E-state index is 0.193. The third-order valence-electron chi connectivity index (χ3n) is 5.48. The predicted octanol–water partition coefficient (Wildman–Crippen LogP) is 4.49. The minimum Gasteiger partial charge on any atom is -0.367 e. The molecule has 0 saturated carbocycles. The van der Waals surface area contributed by atoms with E-state index >= 15 is 0 Å². The van der Waals surface area contributed by atoms with Gasteiger partial charge in [-0.3, -0.25) is 14.5 Å². The van der Waals surface area contributed by atoms with Crippen LogP contribution in [-0.2, 0) is 4.79 Å². The maximum atomic E-state index is 14.0. The summed E-state index contributed by atoms with van der Waals surface area (Å²) in [7, 11) is 0. The van der Waals surface area contributed by atoms with Gasteiger partial charge >= 0.3 is 0 Å². The summed E-state index contributed by atoms with van der Waals surface area (Å²) in [5, 5.41) is 6.24. The van der Waals surface area contributed by atoms with Crippen molar-refractivity contribution in [1.82, 2.24) is 4.90 Å². The van der Waals surface area contributed by atoms with Gasteiger partial charge in [-0.2, -0.15) is 0 Å². The summed E-state index contributed by atoms with van der Waals surface area (Å²) < 4.78 is 14.0. The molecule has 2 N–H and O–H groups in total. The first-order valence-corrected chi connectivity index (χ1v) is 11.0. The summed E-state index contributed by atoms with van der Waals surface area (Å²) in [5.41, 5.74) is 2.00. The van der Waals surface area contributed by atoms with Gasteiger partial charge in [-0.15, -0.1) is 0 Å². The second-order valence-electron chi connectivity index (χ2n) is 7.77. The largest absolute Gasteiger partial charge is 0.367 e. The highest BCUT2D eigenvalue weighted by molar-refractivity contribution is 6.30. The number of nitrogens with zero attached hydrogens (tertiary/aromatic N) is 2. The average Bonchev–Trinajstić information content (AvgIpc) is 2.82. The fraction of sp³-hybridized carbons (Fsp3) is 0.200. The predicted molar refractivity (Wildman–Crippen MR) is 130 cm³/mol. The number of hydrogen-bond acceptors (Lipinski definition) is 4. The molecule has 1 aliphatic heterocycles. The quantitative estimate of drug-likeness (QED) is 0.561. The van der Waals surface area contributed by atoms with Crippen LogP contribution in [0.5, 0.6) is 0 Å². The van der Waals surface area contributed by atoms with Crippen molar-refractivity contribution in [1.29, 1.82) is 0 Å². The molecule has 3 aromatic carbocycles. The van der Waals surface area contributed by atoms with E-state index in [9.17, 15) is 14.0 Å². The van der Waals surface area contributed by atoms with Gasteiger partial charge in [0.25, 0.3) is 5.91 Å². The van der Waals surface area contributed by atoms with E-state index in [2.05, 4.69) is 10.6 Å². The number of carbonyl (C=O) groups excluding carboxylic acids is 2. The molecule has 1 heterocycles. The molecule has 170 valence electrons. The molecule has 0 atom stereocenters. The highest BCUT2D eigenvalue weighted by Crippen LogP contribution is 2.21. The Kier molecular flexibility index (Phi) is 7.22. The summed E-state index contributed by atoms with van der Waals surface area (Å²) >= 11 is 5.89. The van der Waals surface area contributed by atoms with Crippen molar-refractivity contribution in [3.63, 3.8) is 0 Å². The fourth-order valence-electron chi connectivity index (χ4n) is 3.77. The van der Waals surface area contributed by atoms with Crippen molar-refractivity contribution in [3.8, 4) is 0 Å². The van der Waals surface area contributed by atoms with Crippen molar-refractivity contribution in [2.45, 2.75) is 0 Å². The second-order valence-corrected chi connectivity index (χ2v) is 8.21. The van der Waals surface area contributed by atoms with Crippen LogP contribution in [-0.4, -0.2) is 49.4 Å². The van der Waals surface area contributed by atoms with Crippen LogP contribution in [0.2, 0.25) is 5.02 Å². The standard InChI is InChI=1S/C25H24ClFN4O2/c26-18-9-11-19(12-10-18)28-25(33)20-5-1-3-7-22(20)29-24(32)17-30-13-15-31(16-14-30)23-8-4-2-6-21(23)27/h1-12H,13-17H2,(H,28,33)(H,29,32). The molecule has 6 nitrogen and oxygen atoms in total. The van der Waals surface area contributed by atoms with E-state index < -0.39 is 0 Å². The molecule has 8 heteroatoms.